The van der Waals surface area contributed by atoms with E-state index in [9.17, 15) is 31.0 Å². The number of alkyl halides is 4. The summed E-state index contributed by atoms with van der Waals surface area (Å²) in [5.41, 5.74) is 4.46. The molecule has 15 heteroatoms. The molecule has 0 radical (unpaired) electrons. The lowest BCUT2D eigenvalue weighted by Gasteiger charge is -2.43. The Morgan fingerprint density at radius 2 is 2.00 bits per heavy atom. The van der Waals surface area contributed by atoms with Crippen LogP contribution in [0.5, 0.6) is 5.75 Å². The molecule has 2 aliphatic rings. The summed E-state index contributed by atoms with van der Waals surface area (Å²) < 4.78 is 87.3. The van der Waals surface area contributed by atoms with Crippen molar-refractivity contribution in [2.24, 2.45) is 15.1 Å². The van der Waals surface area contributed by atoms with E-state index in [1.165, 1.54) is 6.07 Å². The second-order valence-electron chi connectivity index (χ2n) is 9.45. The van der Waals surface area contributed by atoms with E-state index in [0.29, 0.717) is 19.4 Å². The number of aliphatic imine (C=N–C) groups is 1. The molecule has 0 aromatic carbocycles. The van der Waals surface area contributed by atoms with Crippen molar-refractivity contribution in [1.29, 1.82) is 0 Å². The number of anilines is 1. The lowest BCUT2D eigenvalue weighted by molar-refractivity contribution is -0.148. The number of pyridine rings is 2. The molecular formula is C23H25F5N6O3S. The van der Waals surface area contributed by atoms with Gasteiger partial charge in [-0.25, -0.2) is 31.7 Å². The number of fused-ring (bicyclic) bond motifs is 1. The van der Waals surface area contributed by atoms with Gasteiger partial charge in [-0.2, -0.15) is 8.78 Å². The average molecular weight is 561 g/mol. The highest BCUT2D eigenvalue weighted by Gasteiger charge is 2.52. The van der Waals surface area contributed by atoms with Crippen LogP contribution >= 0.6 is 0 Å². The van der Waals surface area contributed by atoms with Crippen molar-refractivity contribution in [3.63, 3.8) is 0 Å². The Kier molecular flexibility index (Phi) is 7.10. The van der Waals surface area contributed by atoms with Gasteiger partial charge in [0.25, 0.3) is 5.91 Å². The van der Waals surface area contributed by atoms with Crippen molar-refractivity contribution in [2.75, 3.05) is 24.2 Å². The number of nitrogens with one attached hydrogen (secondary N) is 1. The van der Waals surface area contributed by atoms with Crippen LogP contribution < -0.4 is 15.8 Å². The first-order valence-corrected chi connectivity index (χ1v) is 13.2. The molecule has 0 aliphatic carbocycles. The summed E-state index contributed by atoms with van der Waals surface area (Å²) in [6.07, 6.45) is -1.73. The third-order valence-corrected chi connectivity index (χ3v) is 9.89. The summed E-state index contributed by atoms with van der Waals surface area (Å²) in [4.78, 5) is 25.1. The number of carbonyl (C=O) groups is 1. The Labute approximate surface area is 215 Å². The van der Waals surface area contributed by atoms with Crippen LogP contribution in [0.4, 0.5) is 27.8 Å². The van der Waals surface area contributed by atoms with E-state index < -0.39 is 50.7 Å². The number of ether oxygens (including phenoxy) is 1. The Bertz CT molecular complexity index is 1400. The average Bonchev–Trinajstić information content (AvgIpc) is 2.85. The second-order valence-corrected chi connectivity index (χ2v) is 12.2. The highest BCUT2D eigenvalue weighted by atomic mass is 32.2. The fraction of sp³-hybridized carbons (Fsp3) is 0.478. The molecule has 2 aliphatic heterocycles. The van der Waals surface area contributed by atoms with Gasteiger partial charge in [0.15, 0.2) is 6.61 Å². The minimum absolute atomic E-state index is 0.0658. The van der Waals surface area contributed by atoms with E-state index in [-0.39, 0.29) is 34.5 Å². The fourth-order valence-electron chi connectivity index (χ4n) is 4.26. The van der Waals surface area contributed by atoms with Gasteiger partial charge in [0.05, 0.1) is 21.7 Å². The zero-order valence-electron chi connectivity index (χ0n) is 20.4. The first-order chi connectivity index (χ1) is 17.7. The smallest absolute Gasteiger partial charge is 0.340 e. The molecule has 3 N–H and O–H groups in total. The van der Waals surface area contributed by atoms with Crippen molar-refractivity contribution in [1.82, 2.24) is 9.97 Å². The van der Waals surface area contributed by atoms with E-state index >= 15 is 0 Å². The number of hydrogen-bond donors (Lipinski definition) is 2. The molecule has 4 heterocycles. The van der Waals surface area contributed by atoms with Crippen molar-refractivity contribution in [2.45, 2.75) is 49.3 Å². The summed E-state index contributed by atoms with van der Waals surface area (Å²) >= 11 is 0. The van der Waals surface area contributed by atoms with Crippen molar-refractivity contribution >= 4 is 27.3 Å². The Balaban J connectivity index is 1.54. The number of halogens is 5. The maximum atomic E-state index is 14.9. The summed E-state index contributed by atoms with van der Waals surface area (Å²) in [7, 11) is -2.89. The topological polar surface area (TPSA) is 132 Å². The van der Waals surface area contributed by atoms with E-state index in [0.717, 1.165) is 24.4 Å². The van der Waals surface area contributed by atoms with E-state index in [1.807, 2.05) is 0 Å². The highest BCUT2D eigenvalue weighted by Crippen LogP contribution is 2.42. The maximum absolute atomic E-state index is 14.9. The van der Waals surface area contributed by atoms with Crippen LogP contribution in [0.1, 0.15) is 42.9 Å². The van der Waals surface area contributed by atoms with Crippen molar-refractivity contribution < 1.29 is 35.7 Å². The lowest BCUT2D eigenvalue weighted by atomic mass is 9.96. The van der Waals surface area contributed by atoms with Crippen molar-refractivity contribution in [3.8, 4) is 5.75 Å². The summed E-state index contributed by atoms with van der Waals surface area (Å²) in [6.45, 7) is 2.12. The van der Waals surface area contributed by atoms with Gasteiger partial charge in [-0.3, -0.25) is 9.79 Å². The van der Waals surface area contributed by atoms with Crippen LogP contribution in [0.25, 0.3) is 0 Å². The minimum atomic E-state index is -4.34. The lowest BCUT2D eigenvalue weighted by Crippen LogP contribution is -2.57. The Hall–Kier alpha value is -3.36. The number of rotatable bonds is 7. The predicted molar refractivity (Wildman–Crippen MR) is 130 cm³/mol. The minimum Gasteiger partial charge on any atom is -0.485 e. The molecule has 38 heavy (non-hydrogen) atoms. The summed E-state index contributed by atoms with van der Waals surface area (Å²) in [6, 6.07) is 4.50. The van der Waals surface area contributed by atoms with Crippen LogP contribution in [0.3, 0.4) is 0 Å². The van der Waals surface area contributed by atoms with Gasteiger partial charge in [-0.1, -0.05) is 0 Å². The molecule has 3 atom stereocenters. The SMILES string of the molecule is C[C@@]1(c2nc(NC(=O)c3ccc(OCC(F)(F)C(F)F)cn3)ccc2F)C[S@]2(=O)=NCCC[C@]2(C)C(N)=N1. The summed E-state index contributed by atoms with van der Waals surface area (Å²) in [5, 5.41) is 2.44. The van der Waals surface area contributed by atoms with Gasteiger partial charge >= 0.3 is 12.3 Å². The van der Waals surface area contributed by atoms with Crippen LogP contribution in [-0.4, -0.2) is 61.9 Å². The molecule has 2 aromatic rings. The van der Waals surface area contributed by atoms with Gasteiger partial charge in [-0.05, 0) is 51.0 Å². The first-order valence-electron chi connectivity index (χ1n) is 11.5. The van der Waals surface area contributed by atoms with Gasteiger partial charge in [0.1, 0.15) is 44.9 Å². The number of amides is 1. The number of amidine groups is 1. The quantitative estimate of drug-likeness (QED) is 0.496. The third kappa shape index (κ3) is 5.02. The number of carbonyl (C=O) groups excluding carboxylic acids is 1. The van der Waals surface area contributed by atoms with E-state index in [2.05, 4.69) is 29.4 Å². The third-order valence-electron chi connectivity index (χ3n) is 6.52. The predicted octanol–water partition coefficient (Wildman–Crippen LogP) is 3.75. The molecule has 0 saturated carbocycles. The fourth-order valence-corrected chi connectivity index (χ4v) is 7.18. The number of nitrogens with two attached hydrogens (primary N) is 1. The Morgan fingerprint density at radius 1 is 1.26 bits per heavy atom. The zero-order chi connectivity index (χ0) is 27.9. The van der Waals surface area contributed by atoms with Gasteiger partial charge < -0.3 is 15.8 Å². The van der Waals surface area contributed by atoms with Crippen LogP contribution in [0.2, 0.25) is 0 Å². The van der Waals surface area contributed by atoms with Crippen LogP contribution in [0.15, 0.2) is 39.8 Å². The van der Waals surface area contributed by atoms with E-state index in [4.69, 9.17) is 5.73 Å². The summed E-state index contributed by atoms with van der Waals surface area (Å²) in [5.74, 6) is -6.19. The van der Waals surface area contributed by atoms with Crippen LogP contribution in [0, 0.1) is 5.82 Å². The molecule has 1 amide bonds. The molecule has 0 bridgehead atoms. The van der Waals surface area contributed by atoms with Crippen LogP contribution in [-0.2, 0) is 15.3 Å². The molecule has 4 rings (SSSR count). The standard InChI is InChI=1S/C23H25F5N6O3S/c1-21(12-38(36)22(2,20(29)34-21)8-3-9-31-38)17-14(24)5-7-16(32-17)33-18(35)15-6-4-13(10-30-15)37-11-23(27,28)19(25)26/h4-7,10,19H,3,8-9,11-12H2,1-2H3,(H2,29,34)(H,32,33,35)/t21-,22+,38+/m0/s1. The number of nitrogens with zero attached hydrogens (tertiary/aromatic N) is 4. The number of aromatic nitrogens is 2. The zero-order valence-corrected chi connectivity index (χ0v) is 21.2. The van der Waals surface area contributed by atoms with E-state index in [1.54, 1.807) is 13.8 Å². The van der Waals surface area contributed by atoms with Crippen molar-refractivity contribution in [3.05, 3.63) is 47.7 Å². The van der Waals surface area contributed by atoms with Gasteiger partial charge in [0.2, 0.25) is 0 Å². The molecular weight excluding hydrogens is 535 g/mol. The molecule has 0 fully saturated rings. The molecule has 206 valence electrons. The molecule has 0 spiro atoms. The number of hydrogen-bond acceptors (Lipinski definition) is 8. The second kappa shape index (κ2) is 9.75. The molecule has 0 saturated heterocycles. The van der Waals surface area contributed by atoms with Gasteiger partial charge in [-0.15, -0.1) is 0 Å². The monoisotopic (exact) mass is 560 g/mol. The molecule has 9 nitrogen and oxygen atoms in total. The normalized spacial score (nSPS) is 27.2. The Morgan fingerprint density at radius 3 is 2.66 bits per heavy atom. The maximum Gasteiger partial charge on any atom is 0.340 e. The van der Waals surface area contributed by atoms with Gasteiger partial charge in [0, 0.05) is 6.54 Å². The largest absolute Gasteiger partial charge is 0.485 e. The first kappa shape index (κ1) is 27.7. The molecule has 0 unspecified atom stereocenters. The molecule has 2 aromatic heterocycles. The highest BCUT2D eigenvalue weighted by molar-refractivity contribution is 7.95.